The Kier molecular flexibility index (Phi) is 3.60. The minimum atomic E-state index is -0.411. The van der Waals surface area contributed by atoms with Crippen LogP contribution in [0, 0.1) is 25.5 Å². The molecule has 0 fully saturated rings. The summed E-state index contributed by atoms with van der Waals surface area (Å²) in [5, 5.41) is 2.59. The molecule has 0 unspecified atom stereocenters. The van der Waals surface area contributed by atoms with Crippen LogP contribution in [0.25, 0.3) is 0 Å². The predicted octanol–water partition coefficient (Wildman–Crippen LogP) is 3.83. The van der Waals surface area contributed by atoms with E-state index in [2.05, 4.69) is 5.32 Å². The van der Waals surface area contributed by atoms with Crippen LogP contribution in [0.4, 0.5) is 14.5 Å². The molecule has 0 aliphatic rings. The second-order valence-corrected chi connectivity index (χ2v) is 4.44. The lowest BCUT2D eigenvalue weighted by atomic mass is 10.1. The smallest absolute Gasteiger partial charge is 0.255 e. The molecular formula is C15H13F2NO. The van der Waals surface area contributed by atoms with Gasteiger partial charge in [0.15, 0.2) is 0 Å². The zero-order chi connectivity index (χ0) is 14.0. The fourth-order valence-electron chi connectivity index (χ4n) is 1.80. The second-order valence-electron chi connectivity index (χ2n) is 4.44. The fraction of sp³-hybridized carbons (Fsp3) is 0.133. The Morgan fingerprint density at radius 2 is 1.79 bits per heavy atom. The number of hydrogen-bond donors (Lipinski definition) is 1. The molecule has 2 aromatic carbocycles. The molecule has 2 aromatic rings. The maximum atomic E-state index is 13.2. The molecule has 0 saturated carbocycles. The maximum absolute atomic E-state index is 13.2. The van der Waals surface area contributed by atoms with Crippen molar-refractivity contribution in [1.29, 1.82) is 0 Å². The highest BCUT2D eigenvalue weighted by Crippen LogP contribution is 2.15. The quantitative estimate of drug-likeness (QED) is 0.874. The average molecular weight is 261 g/mol. The van der Waals surface area contributed by atoms with E-state index in [-0.39, 0.29) is 5.82 Å². The van der Waals surface area contributed by atoms with E-state index in [1.54, 1.807) is 19.9 Å². The van der Waals surface area contributed by atoms with Crippen molar-refractivity contribution in [2.75, 3.05) is 5.32 Å². The molecule has 2 rings (SSSR count). The molecule has 1 N–H and O–H groups in total. The molecule has 0 aliphatic carbocycles. The number of hydrogen-bond acceptors (Lipinski definition) is 1. The third-order valence-electron chi connectivity index (χ3n) is 2.72. The van der Waals surface area contributed by atoms with E-state index < -0.39 is 11.7 Å². The zero-order valence-electron chi connectivity index (χ0n) is 10.6. The Morgan fingerprint density at radius 3 is 2.42 bits per heavy atom. The Bertz CT molecular complexity index is 618. The van der Waals surface area contributed by atoms with E-state index in [0.717, 1.165) is 0 Å². The Labute approximate surface area is 110 Å². The topological polar surface area (TPSA) is 29.1 Å². The van der Waals surface area contributed by atoms with Gasteiger partial charge in [-0.1, -0.05) is 0 Å². The van der Waals surface area contributed by atoms with Gasteiger partial charge >= 0.3 is 0 Å². The molecule has 4 heteroatoms. The van der Waals surface area contributed by atoms with Crippen LogP contribution in [0.3, 0.4) is 0 Å². The molecule has 0 saturated heterocycles. The number of aryl methyl sites for hydroxylation is 2. The van der Waals surface area contributed by atoms with Gasteiger partial charge in [0.25, 0.3) is 5.91 Å². The van der Waals surface area contributed by atoms with Gasteiger partial charge in [-0.05, 0) is 61.4 Å². The van der Waals surface area contributed by atoms with Gasteiger partial charge in [0.05, 0.1) is 0 Å². The van der Waals surface area contributed by atoms with E-state index >= 15 is 0 Å². The van der Waals surface area contributed by atoms with E-state index in [0.29, 0.717) is 22.4 Å². The van der Waals surface area contributed by atoms with Crippen molar-refractivity contribution >= 4 is 11.6 Å². The highest BCUT2D eigenvalue weighted by molar-refractivity contribution is 6.04. The van der Waals surface area contributed by atoms with Crippen LogP contribution in [0.5, 0.6) is 0 Å². The summed E-state index contributed by atoms with van der Waals surface area (Å²) in [6, 6.07) is 8.36. The van der Waals surface area contributed by atoms with Crippen LogP contribution in [-0.2, 0) is 0 Å². The van der Waals surface area contributed by atoms with Gasteiger partial charge in [0.2, 0.25) is 0 Å². The molecule has 19 heavy (non-hydrogen) atoms. The summed E-state index contributed by atoms with van der Waals surface area (Å²) in [5.74, 6) is -1.17. The van der Waals surface area contributed by atoms with Crippen molar-refractivity contribution in [1.82, 2.24) is 0 Å². The Morgan fingerprint density at radius 1 is 1.05 bits per heavy atom. The van der Waals surface area contributed by atoms with Crippen LogP contribution < -0.4 is 5.32 Å². The third kappa shape index (κ3) is 3.16. The Hall–Kier alpha value is -2.23. The number of carbonyl (C=O) groups excluding carboxylic acids is 1. The van der Waals surface area contributed by atoms with Crippen LogP contribution >= 0.6 is 0 Å². The first kappa shape index (κ1) is 13.2. The van der Waals surface area contributed by atoms with Gasteiger partial charge in [-0.2, -0.15) is 0 Å². The SMILES string of the molecule is Cc1cc(F)cc(NC(=O)c2ccc(F)c(C)c2)c1. The molecule has 0 atom stereocenters. The number of nitrogens with one attached hydrogen (secondary N) is 1. The molecule has 0 aliphatic heterocycles. The van der Waals surface area contributed by atoms with Crippen molar-refractivity contribution in [2.45, 2.75) is 13.8 Å². The summed E-state index contributed by atoms with van der Waals surface area (Å²) in [6.45, 7) is 3.32. The number of anilines is 1. The lowest BCUT2D eigenvalue weighted by molar-refractivity contribution is 0.102. The summed E-state index contributed by atoms with van der Waals surface area (Å²) in [5.41, 5.74) is 1.82. The standard InChI is InChI=1S/C15H13F2NO/c1-9-5-12(16)8-13(6-9)18-15(19)11-3-4-14(17)10(2)7-11/h3-8H,1-2H3,(H,18,19). The third-order valence-corrected chi connectivity index (χ3v) is 2.72. The lowest BCUT2D eigenvalue weighted by Gasteiger charge is -2.07. The van der Waals surface area contributed by atoms with Crippen molar-refractivity contribution in [3.05, 3.63) is 64.7 Å². The first-order valence-corrected chi connectivity index (χ1v) is 5.80. The number of rotatable bonds is 2. The molecular weight excluding hydrogens is 248 g/mol. The van der Waals surface area contributed by atoms with Crippen molar-refractivity contribution in [3.8, 4) is 0 Å². The van der Waals surface area contributed by atoms with Gasteiger partial charge in [-0.15, -0.1) is 0 Å². The molecule has 2 nitrogen and oxygen atoms in total. The van der Waals surface area contributed by atoms with Crippen LogP contribution in [0.2, 0.25) is 0 Å². The number of carbonyl (C=O) groups is 1. The largest absolute Gasteiger partial charge is 0.322 e. The van der Waals surface area contributed by atoms with Gasteiger partial charge in [-0.25, -0.2) is 8.78 Å². The molecule has 0 radical (unpaired) electrons. The molecule has 98 valence electrons. The van der Waals surface area contributed by atoms with E-state index in [4.69, 9.17) is 0 Å². The fourth-order valence-corrected chi connectivity index (χ4v) is 1.80. The van der Waals surface area contributed by atoms with E-state index in [9.17, 15) is 13.6 Å². The number of benzene rings is 2. The van der Waals surface area contributed by atoms with Gasteiger partial charge < -0.3 is 5.32 Å². The highest BCUT2D eigenvalue weighted by atomic mass is 19.1. The minimum absolute atomic E-state index is 0.334. The van der Waals surface area contributed by atoms with Crippen LogP contribution in [0.15, 0.2) is 36.4 Å². The minimum Gasteiger partial charge on any atom is -0.322 e. The second kappa shape index (κ2) is 5.18. The van der Waals surface area contributed by atoms with Crippen LogP contribution in [0.1, 0.15) is 21.5 Å². The predicted molar refractivity (Wildman–Crippen MR) is 70.2 cm³/mol. The molecule has 0 heterocycles. The van der Waals surface area contributed by atoms with Crippen molar-refractivity contribution in [2.24, 2.45) is 0 Å². The molecule has 0 bridgehead atoms. The van der Waals surface area contributed by atoms with Crippen molar-refractivity contribution < 1.29 is 13.6 Å². The maximum Gasteiger partial charge on any atom is 0.255 e. The first-order valence-electron chi connectivity index (χ1n) is 5.80. The zero-order valence-corrected chi connectivity index (χ0v) is 10.6. The summed E-state index contributed by atoms with van der Waals surface area (Å²) < 4.78 is 26.3. The van der Waals surface area contributed by atoms with E-state index in [1.807, 2.05) is 0 Å². The van der Waals surface area contributed by atoms with Gasteiger partial charge in [0, 0.05) is 11.3 Å². The molecule has 0 spiro atoms. The monoisotopic (exact) mass is 261 g/mol. The summed E-state index contributed by atoms with van der Waals surface area (Å²) in [7, 11) is 0. The van der Waals surface area contributed by atoms with Crippen molar-refractivity contribution in [3.63, 3.8) is 0 Å². The summed E-state index contributed by atoms with van der Waals surface area (Å²) in [6.07, 6.45) is 0. The number of amides is 1. The van der Waals surface area contributed by atoms with E-state index in [1.165, 1.54) is 30.3 Å². The molecule has 1 amide bonds. The molecule has 0 aromatic heterocycles. The lowest BCUT2D eigenvalue weighted by Crippen LogP contribution is -2.12. The number of halogens is 2. The van der Waals surface area contributed by atoms with Crippen LogP contribution in [-0.4, -0.2) is 5.91 Å². The van der Waals surface area contributed by atoms with Gasteiger partial charge in [-0.3, -0.25) is 4.79 Å². The Balaban J connectivity index is 2.22. The van der Waals surface area contributed by atoms with Gasteiger partial charge in [0.1, 0.15) is 11.6 Å². The first-order chi connectivity index (χ1) is 8.95. The summed E-state index contributed by atoms with van der Waals surface area (Å²) in [4.78, 5) is 11.9. The normalized spacial score (nSPS) is 10.3. The average Bonchev–Trinajstić information content (AvgIpc) is 2.31. The highest BCUT2D eigenvalue weighted by Gasteiger charge is 2.09. The summed E-state index contributed by atoms with van der Waals surface area (Å²) >= 11 is 0.